The summed E-state index contributed by atoms with van der Waals surface area (Å²) in [5.74, 6) is 0.119. The van der Waals surface area contributed by atoms with Crippen molar-refractivity contribution in [1.29, 1.82) is 0 Å². The van der Waals surface area contributed by atoms with Gasteiger partial charge in [-0.05, 0) is 29.2 Å². The Morgan fingerprint density at radius 2 is 1.89 bits per heavy atom. The van der Waals surface area contributed by atoms with Crippen molar-refractivity contribution in [3.63, 3.8) is 0 Å². The van der Waals surface area contributed by atoms with E-state index < -0.39 is 0 Å². The van der Waals surface area contributed by atoms with Crippen molar-refractivity contribution in [2.75, 3.05) is 5.33 Å². The van der Waals surface area contributed by atoms with E-state index in [1.165, 1.54) is 10.8 Å². The minimum absolute atomic E-state index is 0.0294. The summed E-state index contributed by atoms with van der Waals surface area (Å²) >= 11 is 3.47. The van der Waals surface area contributed by atoms with Gasteiger partial charge in [0.25, 0.3) is 0 Å². The SMILES string of the molecule is O=C(Cc1cccc2ccccc12)NC1(CBr)CC1. The Labute approximate surface area is 121 Å². The molecule has 2 aromatic carbocycles. The van der Waals surface area contributed by atoms with Crippen LogP contribution in [0.3, 0.4) is 0 Å². The molecular weight excluding hydrogens is 302 g/mol. The zero-order valence-corrected chi connectivity index (χ0v) is 12.2. The molecule has 0 saturated heterocycles. The van der Waals surface area contributed by atoms with Crippen LogP contribution in [0.1, 0.15) is 18.4 Å². The van der Waals surface area contributed by atoms with Gasteiger partial charge < -0.3 is 5.32 Å². The van der Waals surface area contributed by atoms with Crippen LogP contribution in [0.5, 0.6) is 0 Å². The normalized spacial score (nSPS) is 16.3. The highest BCUT2D eigenvalue weighted by Gasteiger charge is 2.42. The second-order valence-corrected chi connectivity index (χ2v) is 5.84. The van der Waals surface area contributed by atoms with Crippen LogP contribution >= 0.6 is 15.9 Å². The van der Waals surface area contributed by atoms with Crippen molar-refractivity contribution in [2.45, 2.75) is 24.8 Å². The van der Waals surface area contributed by atoms with Crippen LogP contribution in [0.15, 0.2) is 42.5 Å². The topological polar surface area (TPSA) is 29.1 Å². The van der Waals surface area contributed by atoms with Crippen molar-refractivity contribution >= 4 is 32.6 Å². The van der Waals surface area contributed by atoms with Gasteiger partial charge in [0.05, 0.1) is 6.42 Å². The van der Waals surface area contributed by atoms with E-state index in [4.69, 9.17) is 0 Å². The Morgan fingerprint density at radius 1 is 1.16 bits per heavy atom. The minimum atomic E-state index is 0.0294. The number of amides is 1. The Bertz CT molecular complexity index is 614. The third-order valence-corrected chi connectivity index (χ3v) is 4.82. The summed E-state index contributed by atoms with van der Waals surface area (Å²) in [7, 11) is 0. The number of hydrogen-bond donors (Lipinski definition) is 1. The lowest BCUT2D eigenvalue weighted by atomic mass is 10.0. The molecule has 3 rings (SSSR count). The average molecular weight is 318 g/mol. The molecule has 1 N–H and O–H groups in total. The highest BCUT2D eigenvalue weighted by Crippen LogP contribution is 2.37. The summed E-state index contributed by atoms with van der Waals surface area (Å²) in [6, 6.07) is 14.3. The lowest BCUT2D eigenvalue weighted by molar-refractivity contribution is -0.121. The largest absolute Gasteiger partial charge is 0.350 e. The van der Waals surface area contributed by atoms with E-state index in [2.05, 4.69) is 39.4 Å². The van der Waals surface area contributed by atoms with Crippen LogP contribution in [0.25, 0.3) is 10.8 Å². The molecule has 0 atom stereocenters. The first-order chi connectivity index (χ1) is 9.22. The maximum Gasteiger partial charge on any atom is 0.224 e. The summed E-state index contributed by atoms with van der Waals surface area (Å²) < 4.78 is 0. The smallest absolute Gasteiger partial charge is 0.224 e. The fourth-order valence-corrected chi connectivity index (χ4v) is 3.10. The lowest BCUT2D eigenvalue weighted by Gasteiger charge is -2.14. The molecule has 1 aliphatic rings. The second kappa shape index (κ2) is 4.97. The standard InChI is InChI=1S/C16H16BrNO/c17-11-16(8-9-16)18-15(19)10-13-6-3-5-12-4-1-2-7-14(12)13/h1-7H,8-11H2,(H,18,19). The van der Waals surface area contributed by atoms with E-state index in [9.17, 15) is 4.79 Å². The zero-order valence-electron chi connectivity index (χ0n) is 10.7. The summed E-state index contributed by atoms with van der Waals surface area (Å²) in [5, 5.41) is 6.35. The third kappa shape index (κ3) is 2.66. The monoisotopic (exact) mass is 317 g/mol. The molecule has 0 spiro atoms. The molecule has 1 aliphatic carbocycles. The third-order valence-electron chi connectivity index (χ3n) is 3.74. The fraction of sp³-hybridized carbons (Fsp3) is 0.312. The van der Waals surface area contributed by atoms with Gasteiger partial charge >= 0.3 is 0 Å². The molecule has 2 nitrogen and oxygen atoms in total. The molecule has 1 fully saturated rings. The maximum atomic E-state index is 12.1. The van der Waals surface area contributed by atoms with Crippen LogP contribution in [-0.2, 0) is 11.2 Å². The Balaban J connectivity index is 1.80. The quantitative estimate of drug-likeness (QED) is 0.860. The van der Waals surface area contributed by atoms with Crippen LogP contribution in [0, 0.1) is 0 Å². The molecule has 1 saturated carbocycles. The molecular formula is C16H16BrNO. The Hall–Kier alpha value is -1.35. The molecule has 0 aromatic heterocycles. The molecule has 3 heteroatoms. The number of hydrogen-bond acceptors (Lipinski definition) is 1. The van der Waals surface area contributed by atoms with Gasteiger partial charge in [0.15, 0.2) is 0 Å². The summed E-state index contributed by atoms with van der Waals surface area (Å²) in [6.07, 6.45) is 2.62. The molecule has 98 valence electrons. The molecule has 0 bridgehead atoms. The van der Waals surface area contributed by atoms with Crippen LogP contribution in [0.4, 0.5) is 0 Å². The maximum absolute atomic E-state index is 12.1. The summed E-state index contributed by atoms with van der Waals surface area (Å²) in [6.45, 7) is 0. The van der Waals surface area contributed by atoms with Gasteiger partial charge in [0.1, 0.15) is 0 Å². The number of carbonyl (C=O) groups is 1. The molecule has 0 heterocycles. The molecule has 1 amide bonds. The van der Waals surface area contributed by atoms with Crippen molar-refractivity contribution in [3.05, 3.63) is 48.0 Å². The fourth-order valence-electron chi connectivity index (χ4n) is 2.40. The first-order valence-corrected chi connectivity index (χ1v) is 7.68. The van der Waals surface area contributed by atoms with E-state index in [0.717, 1.165) is 23.7 Å². The van der Waals surface area contributed by atoms with Crippen molar-refractivity contribution in [2.24, 2.45) is 0 Å². The van der Waals surface area contributed by atoms with E-state index in [-0.39, 0.29) is 11.4 Å². The number of rotatable bonds is 4. The number of halogens is 1. The first-order valence-electron chi connectivity index (χ1n) is 6.56. The average Bonchev–Trinajstić information content (AvgIpc) is 3.19. The van der Waals surface area contributed by atoms with Crippen molar-refractivity contribution in [3.8, 4) is 0 Å². The molecule has 19 heavy (non-hydrogen) atoms. The van der Waals surface area contributed by atoms with Gasteiger partial charge in [-0.3, -0.25) is 4.79 Å². The van der Waals surface area contributed by atoms with Gasteiger partial charge in [-0.15, -0.1) is 0 Å². The number of benzene rings is 2. The molecule has 0 aliphatic heterocycles. The predicted molar refractivity (Wildman–Crippen MR) is 81.6 cm³/mol. The van der Waals surface area contributed by atoms with Crippen molar-refractivity contribution < 1.29 is 4.79 Å². The van der Waals surface area contributed by atoms with E-state index in [1.807, 2.05) is 24.3 Å². The summed E-state index contributed by atoms with van der Waals surface area (Å²) in [4.78, 5) is 12.1. The first kappa shape index (κ1) is 12.7. The van der Waals surface area contributed by atoms with Crippen LogP contribution in [-0.4, -0.2) is 16.8 Å². The van der Waals surface area contributed by atoms with Gasteiger partial charge in [-0.2, -0.15) is 0 Å². The van der Waals surface area contributed by atoms with Gasteiger partial charge in [-0.25, -0.2) is 0 Å². The van der Waals surface area contributed by atoms with Crippen LogP contribution in [0.2, 0.25) is 0 Å². The number of carbonyl (C=O) groups excluding carboxylic acids is 1. The van der Waals surface area contributed by atoms with Gasteiger partial charge in [0, 0.05) is 10.9 Å². The van der Waals surface area contributed by atoms with E-state index in [0.29, 0.717) is 6.42 Å². The highest BCUT2D eigenvalue weighted by atomic mass is 79.9. The number of nitrogens with one attached hydrogen (secondary N) is 1. The lowest BCUT2D eigenvalue weighted by Crippen LogP contribution is -2.39. The van der Waals surface area contributed by atoms with E-state index in [1.54, 1.807) is 0 Å². The van der Waals surface area contributed by atoms with Crippen LogP contribution < -0.4 is 5.32 Å². The minimum Gasteiger partial charge on any atom is -0.350 e. The Kier molecular flexibility index (Phi) is 3.31. The van der Waals surface area contributed by atoms with E-state index >= 15 is 0 Å². The number of fused-ring (bicyclic) bond motifs is 1. The zero-order chi connectivity index (χ0) is 13.3. The van der Waals surface area contributed by atoms with Gasteiger partial charge in [-0.1, -0.05) is 58.4 Å². The Morgan fingerprint density at radius 3 is 2.63 bits per heavy atom. The molecule has 0 unspecified atom stereocenters. The number of alkyl halides is 1. The highest BCUT2D eigenvalue weighted by molar-refractivity contribution is 9.09. The second-order valence-electron chi connectivity index (χ2n) is 5.28. The van der Waals surface area contributed by atoms with Gasteiger partial charge in [0.2, 0.25) is 5.91 Å². The summed E-state index contributed by atoms with van der Waals surface area (Å²) in [5.41, 5.74) is 1.13. The molecule has 2 aromatic rings. The predicted octanol–water partition coefficient (Wildman–Crippen LogP) is 3.43. The molecule has 0 radical (unpaired) electrons. The van der Waals surface area contributed by atoms with Crippen molar-refractivity contribution in [1.82, 2.24) is 5.32 Å².